The summed E-state index contributed by atoms with van der Waals surface area (Å²) in [4.78, 5) is 67.2. The molecule has 0 aromatic heterocycles. The number of nitrogens with zero attached hydrogens (tertiary/aromatic N) is 2. The number of imide groups is 1. The lowest BCUT2D eigenvalue weighted by Gasteiger charge is -2.32. The van der Waals surface area contributed by atoms with Crippen molar-refractivity contribution in [3.63, 3.8) is 0 Å². The molecule has 2 aromatic rings. The summed E-state index contributed by atoms with van der Waals surface area (Å²) in [5.41, 5.74) is 1.80. The highest BCUT2D eigenvalue weighted by Gasteiger charge is 2.38. The van der Waals surface area contributed by atoms with Gasteiger partial charge in [0.05, 0.1) is 16.0 Å². The van der Waals surface area contributed by atoms with Gasteiger partial charge in [0.25, 0.3) is 11.8 Å². The minimum Gasteiger partial charge on any atom is -0.357 e. The number of alkyl halides is 1. The first-order valence-electron chi connectivity index (χ1n) is 14.2. The first-order valence-corrected chi connectivity index (χ1v) is 15.1. The zero-order valence-corrected chi connectivity index (χ0v) is 25.1. The Bertz CT molecular complexity index is 1250. The van der Waals surface area contributed by atoms with Crippen LogP contribution < -0.4 is 10.6 Å². The summed E-state index contributed by atoms with van der Waals surface area (Å²) in [5, 5.41) is 5.62. The SMILES string of the molecule is CNC(=O)[C@H](Cc1ccccc1)N1CC[C@H](C)CC(NC(=O)C(Br)CCCCN2C(=O)c3ccccc3C2=O)C1=O. The fraction of sp³-hybridized carbons (Fsp3) is 0.452. The molecule has 2 heterocycles. The van der Waals surface area contributed by atoms with Gasteiger partial charge >= 0.3 is 0 Å². The molecule has 218 valence electrons. The Hall–Kier alpha value is -3.53. The Balaban J connectivity index is 1.33. The Kier molecular flexibility index (Phi) is 10.3. The normalized spacial score (nSPS) is 20.3. The molecule has 4 atom stereocenters. The molecule has 2 aliphatic rings. The van der Waals surface area contributed by atoms with Gasteiger partial charge in [0, 0.05) is 26.6 Å². The molecule has 2 aromatic carbocycles. The van der Waals surface area contributed by atoms with Crippen LogP contribution in [0.3, 0.4) is 0 Å². The lowest BCUT2D eigenvalue weighted by Crippen LogP contribution is -2.56. The number of unbranched alkanes of at least 4 members (excludes halogenated alkanes) is 1. The molecular weight excluding hydrogens is 588 g/mol. The molecule has 2 unspecified atom stereocenters. The molecule has 10 heteroatoms. The summed E-state index contributed by atoms with van der Waals surface area (Å²) in [6.07, 6.45) is 3.25. The fourth-order valence-corrected chi connectivity index (χ4v) is 5.95. The number of halogens is 1. The number of hydrogen-bond donors (Lipinski definition) is 2. The van der Waals surface area contributed by atoms with Crippen molar-refractivity contribution in [3.05, 3.63) is 71.3 Å². The van der Waals surface area contributed by atoms with Gasteiger partial charge in [-0.3, -0.25) is 28.9 Å². The van der Waals surface area contributed by atoms with Crippen LogP contribution >= 0.6 is 15.9 Å². The maximum absolute atomic E-state index is 13.7. The molecule has 2 aliphatic heterocycles. The minimum absolute atomic E-state index is 0.185. The van der Waals surface area contributed by atoms with E-state index in [1.165, 1.54) is 4.90 Å². The third-order valence-electron chi connectivity index (χ3n) is 7.85. The third kappa shape index (κ3) is 7.22. The summed E-state index contributed by atoms with van der Waals surface area (Å²) in [6.45, 7) is 2.77. The second kappa shape index (κ2) is 13.9. The molecule has 0 radical (unpaired) electrons. The number of likely N-dealkylation sites (N-methyl/N-ethyl adjacent to an activating group) is 1. The monoisotopic (exact) mass is 624 g/mol. The van der Waals surface area contributed by atoms with Crippen LogP contribution in [0, 0.1) is 5.92 Å². The summed E-state index contributed by atoms with van der Waals surface area (Å²) >= 11 is 3.46. The topological polar surface area (TPSA) is 116 Å². The van der Waals surface area contributed by atoms with Gasteiger partial charge < -0.3 is 15.5 Å². The van der Waals surface area contributed by atoms with Gasteiger partial charge in [0.15, 0.2) is 0 Å². The number of rotatable bonds is 11. The van der Waals surface area contributed by atoms with Crippen molar-refractivity contribution in [3.8, 4) is 0 Å². The number of nitrogens with one attached hydrogen (secondary N) is 2. The molecule has 0 spiro atoms. The van der Waals surface area contributed by atoms with E-state index in [4.69, 9.17) is 0 Å². The van der Waals surface area contributed by atoms with E-state index < -0.39 is 16.9 Å². The van der Waals surface area contributed by atoms with Gasteiger partial charge in [-0.1, -0.05) is 71.7 Å². The van der Waals surface area contributed by atoms with Crippen LogP contribution in [0.5, 0.6) is 0 Å². The van der Waals surface area contributed by atoms with Crippen LogP contribution in [0.2, 0.25) is 0 Å². The van der Waals surface area contributed by atoms with Gasteiger partial charge in [0.1, 0.15) is 12.1 Å². The Morgan fingerprint density at radius 2 is 1.59 bits per heavy atom. The third-order valence-corrected chi connectivity index (χ3v) is 8.72. The summed E-state index contributed by atoms with van der Waals surface area (Å²) in [5.74, 6) is -1.17. The van der Waals surface area contributed by atoms with E-state index in [0.29, 0.717) is 49.8 Å². The smallest absolute Gasteiger partial charge is 0.261 e. The van der Waals surface area contributed by atoms with Crippen molar-refractivity contribution >= 4 is 45.5 Å². The molecule has 5 amide bonds. The maximum Gasteiger partial charge on any atom is 0.261 e. The van der Waals surface area contributed by atoms with Crippen LogP contribution in [0.15, 0.2) is 54.6 Å². The predicted molar refractivity (Wildman–Crippen MR) is 158 cm³/mol. The average molecular weight is 626 g/mol. The van der Waals surface area contributed by atoms with E-state index in [2.05, 4.69) is 26.6 Å². The first-order chi connectivity index (χ1) is 19.7. The lowest BCUT2D eigenvalue weighted by atomic mass is 10.00. The number of fused-ring (bicyclic) bond motifs is 1. The van der Waals surface area contributed by atoms with Crippen molar-refractivity contribution in [1.29, 1.82) is 0 Å². The number of carbonyl (C=O) groups excluding carboxylic acids is 5. The summed E-state index contributed by atoms with van der Waals surface area (Å²) in [7, 11) is 1.56. The van der Waals surface area contributed by atoms with Gasteiger partial charge in [-0.15, -0.1) is 0 Å². The Morgan fingerprint density at radius 3 is 2.22 bits per heavy atom. The molecule has 2 N–H and O–H groups in total. The number of benzene rings is 2. The van der Waals surface area contributed by atoms with Crippen molar-refractivity contribution in [2.75, 3.05) is 20.1 Å². The summed E-state index contributed by atoms with van der Waals surface area (Å²) < 4.78 is 0. The summed E-state index contributed by atoms with van der Waals surface area (Å²) in [6, 6.07) is 15.0. The van der Waals surface area contributed by atoms with Crippen LogP contribution in [0.4, 0.5) is 0 Å². The molecule has 9 nitrogen and oxygen atoms in total. The molecule has 4 rings (SSSR count). The molecule has 1 saturated heterocycles. The highest BCUT2D eigenvalue weighted by molar-refractivity contribution is 9.10. The first kappa shape index (κ1) is 30.4. The fourth-order valence-electron chi connectivity index (χ4n) is 5.50. The minimum atomic E-state index is -0.735. The molecule has 0 aliphatic carbocycles. The molecule has 41 heavy (non-hydrogen) atoms. The standard InChI is InChI=1S/C31H37BrN4O5/c1-20-15-17-35(26(28(38)33-2)19-21-10-4-3-5-11-21)31(41)25(18-20)34-27(37)24(32)14-8-9-16-36-29(39)22-12-6-7-13-23(22)30(36)40/h3-7,10-13,20,24-26H,8-9,14-19H2,1-2H3,(H,33,38)(H,34,37)/t20-,24?,25?,26-/m0/s1. The number of amides is 5. The largest absolute Gasteiger partial charge is 0.357 e. The van der Waals surface area contributed by atoms with Crippen LogP contribution in [0.1, 0.15) is 65.3 Å². The molecule has 1 fully saturated rings. The zero-order valence-electron chi connectivity index (χ0n) is 23.5. The molecular formula is C31H37BrN4O5. The van der Waals surface area contributed by atoms with E-state index in [-0.39, 0.29) is 42.0 Å². The predicted octanol–water partition coefficient (Wildman–Crippen LogP) is 3.32. The molecule has 0 bridgehead atoms. The van der Waals surface area contributed by atoms with E-state index in [1.807, 2.05) is 37.3 Å². The lowest BCUT2D eigenvalue weighted by molar-refractivity contribution is -0.142. The van der Waals surface area contributed by atoms with Gasteiger partial charge in [-0.25, -0.2) is 0 Å². The highest BCUT2D eigenvalue weighted by atomic mass is 79.9. The Labute approximate surface area is 249 Å². The number of hydrogen-bond acceptors (Lipinski definition) is 5. The zero-order chi connectivity index (χ0) is 29.5. The van der Waals surface area contributed by atoms with Crippen LogP contribution in [-0.4, -0.2) is 76.4 Å². The van der Waals surface area contributed by atoms with Crippen LogP contribution in [-0.2, 0) is 20.8 Å². The number of likely N-dealkylation sites (tertiary alicyclic amines) is 1. The highest BCUT2D eigenvalue weighted by Crippen LogP contribution is 2.24. The quantitative estimate of drug-likeness (QED) is 0.226. The second-order valence-corrected chi connectivity index (χ2v) is 11.9. The van der Waals surface area contributed by atoms with Gasteiger partial charge in [-0.2, -0.15) is 0 Å². The van der Waals surface area contributed by atoms with Gasteiger partial charge in [-0.05, 0) is 49.3 Å². The van der Waals surface area contributed by atoms with Crippen molar-refractivity contribution < 1.29 is 24.0 Å². The van der Waals surface area contributed by atoms with Crippen LogP contribution in [0.25, 0.3) is 0 Å². The maximum atomic E-state index is 13.7. The average Bonchev–Trinajstić information content (AvgIpc) is 3.13. The van der Waals surface area contributed by atoms with E-state index >= 15 is 0 Å². The molecule has 0 saturated carbocycles. The number of carbonyl (C=O) groups is 5. The Morgan fingerprint density at radius 1 is 0.951 bits per heavy atom. The van der Waals surface area contributed by atoms with Crippen molar-refractivity contribution in [2.24, 2.45) is 5.92 Å². The van der Waals surface area contributed by atoms with Gasteiger partial charge in [0.2, 0.25) is 17.7 Å². The van der Waals surface area contributed by atoms with Crippen molar-refractivity contribution in [2.45, 2.75) is 62.4 Å². The second-order valence-electron chi connectivity index (χ2n) is 10.8. The van der Waals surface area contributed by atoms with Crippen molar-refractivity contribution in [1.82, 2.24) is 20.4 Å². The van der Waals surface area contributed by atoms with E-state index in [9.17, 15) is 24.0 Å². The van der Waals surface area contributed by atoms with E-state index in [0.717, 1.165) is 12.0 Å². The van der Waals surface area contributed by atoms with E-state index in [1.54, 1.807) is 36.2 Å².